The number of carboxylic acid groups (broad SMARTS) is 1. The molecule has 0 amide bonds. The van der Waals surface area contributed by atoms with Gasteiger partial charge in [-0.3, -0.25) is 14.6 Å². The third-order valence-electron chi connectivity index (χ3n) is 5.54. The number of halogens is 4. The Bertz CT molecular complexity index is 1490. The van der Waals surface area contributed by atoms with Crippen molar-refractivity contribution >= 4 is 35.0 Å². The Balaban J connectivity index is 2.01. The van der Waals surface area contributed by atoms with Gasteiger partial charge in [0.2, 0.25) is 0 Å². The van der Waals surface area contributed by atoms with Crippen molar-refractivity contribution in [1.82, 2.24) is 4.98 Å². The fourth-order valence-electron chi connectivity index (χ4n) is 3.62. The molecule has 13 heteroatoms. The summed E-state index contributed by atoms with van der Waals surface area (Å²) in [5.74, 6) is -2.25. The quantitative estimate of drug-likeness (QED) is 0.169. The van der Waals surface area contributed by atoms with Gasteiger partial charge in [-0.1, -0.05) is 23.7 Å². The summed E-state index contributed by atoms with van der Waals surface area (Å²) in [7, 11) is 1.21. The molecule has 9 nitrogen and oxygen atoms in total. The number of Topliss-reactive ketones (excluding diaryl/α,β-unsaturated/α-hetero) is 1. The zero-order valence-corrected chi connectivity index (χ0v) is 21.6. The van der Waals surface area contributed by atoms with E-state index >= 15 is 0 Å². The predicted molar refractivity (Wildman–Crippen MR) is 137 cm³/mol. The maximum atomic E-state index is 13.3. The Morgan fingerprint density at radius 3 is 2.50 bits per heavy atom. The van der Waals surface area contributed by atoms with Crippen molar-refractivity contribution in [3.8, 4) is 22.9 Å². The molecule has 0 saturated heterocycles. The molecule has 0 bridgehead atoms. The zero-order valence-electron chi connectivity index (χ0n) is 20.8. The van der Waals surface area contributed by atoms with E-state index in [9.17, 15) is 32.8 Å². The van der Waals surface area contributed by atoms with Crippen LogP contribution >= 0.6 is 11.6 Å². The van der Waals surface area contributed by atoms with Crippen LogP contribution in [0, 0.1) is 11.3 Å². The summed E-state index contributed by atoms with van der Waals surface area (Å²) in [6, 6.07) is 11.1. The molecule has 0 spiro atoms. The first kappa shape index (κ1) is 29.9. The highest BCUT2D eigenvalue weighted by Gasteiger charge is 2.33. The van der Waals surface area contributed by atoms with Gasteiger partial charge in [0.05, 0.1) is 48.0 Å². The number of hydrogen-bond acceptors (Lipinski definition) is 8. The first-order valence-electron chi connectivity index (χ1n) is 11.6. The van der Waals surface area contributed by atoms with Crippen LogP contribution in [0.2, 0.25) is 5.02 Å². The fraction of sp³-hybridized carbons (Fsp3) is 0.222. The number of para-hydroxylation sites is 1. The van der Waals surface area contributed by atoms with E-state index in [1.807, 2.05) is 0 Å². The summed E-state index contributed by atoms with van der Waals surface area (Å²) in [6.07, 6.45) is -4.01. The Hall–Kier alpha value is -4.63. The minimum Gasteiger partial charge on any atom is -0.493 e. The van der Waals surface area contributed by atoms with Gasteiger partial charge in [0, 0.05) is 35.5 Å². The number of nitrogens with zero attached hydrogens (tertiary/aromatic N) is 2. The highest BCUT2D eigenvalue weighted by atomic mass is 35.5. The lowest BCUT2D eigenvalue weighted by Crippen LogP contribution is -2.18. The van der Waals surface area contributed by atoms with Crippen LogP contribution in [0.3, 0.4) is 0 Å². The molecule has 3 rings (SSSR count). The van der Waals surface area contributed by atoms with Crippen molar-refractivity contribution in [3.05, 3.63) is 76.1 Å². The average Bonchev–Trinajstić information content (AvgIpc) is 2.93. The third kappa shape index (κ3) is 7.27. The molecule has 0 radical (unpaired) electrons. The van der Waals surface area contributed by atoms with Crippen LogP contribution < -0.4 is 10.1 Å². The number of benzene rings is 2. The number of carboxylic acids is 1. The van der Waals surface area contributed by atoms with E-state index in [0.717, 1.165) is 6.20 Å². The maximum Gasteiger partial charge on any atom is 0.433 e. The fourth-order valence-corrected chi connectivity index (χ4v) is 3.87. The number of rotatable bonds is 11. The second-order valence-corrected chi connectivity index (χ2v) is 8.62. The van der Waals surface area contributed by atoms with E-state index in [4.69, 9.17) is 26.2 Å². The van der Waals surface area contributed by atoms with E-state index < -0.39 is 29.6 Å². The van der Waals surface area contributed by atoms with Gasteiger partial charge in [0.15, 0.2) is 5.78 Å². The van der Waals surface area contributed by atoms with Crippen LogP contribution in [0.25, 0.3) is 11.1 Å². The summed E-state index contributed by atoms with van der Waals surface area (Å²) in [4.78, 5) is 39.6. The SMILES string of the molecule is COC(=O)c1ccccc1NCC(=O)c1cc(-c2cnc(C(F)(F)F)cc2C#N)c(Cl)cc1OCCCC(=O)O. The lowest BCUT2D eigenvalue weighted by atomic mass is 9.97. The van der Waals surface area contributed by atoms with E-state index in [1.165, 1.54) is 25.3 Å². The number of alkyl halides is 3. The van der Waals surface area contributed by atoms with Gasteiger partial charge >= 0.3 is 18.1 Å². The van der Waals surface area contributed by atoms with Gasteiger partial charge in [-0.25, -0.2) is 4.79 Å². The van der Waals surface area contributed by atoms with Crippen LogP contribution in [0.15, 0.2) is 48.7 Å². The largest absolute Gasteiger partial charge is 0.493 e. The second-order valence-electron chi connectivity index (χ2n) is 8.21. The molecular weight excluding hydrogens is 555 g/mol. The highest BCUT2D eigenvalue weighted by Crippen LogP contribution is 2.38. The molecular formula is C27H21ClF3N3O6. The average molecular weight is 576 g/mol. The normalized spacial score (nSPS) is 10.9. The van der Waals surface area contributed by atoms with Crippen LogP contribution in [0.4, 0.5) is 18.9 Å². The number of pyridine rings is 1. The number of nitrogens with one attached hydrogen (secondary N) is 1. The van der Waals surface area contributed by atoms with Crippen LogP contribution in [0.5, 0.6) is 5.75 Å². The first-order chi connectivity index (χ1) is 19.0. The smallest absolute Gasteiger partial charge is 0.433 e. The number of esters is 1. The number of aliphatic carboxylic acids is 1. The van der Waals surface area contributed by atoms with Gasteiger partial charge in [-0.2, -0.15) is 18.4 Å². The number of nitriles is 1. The van der Waals surface area contributed by atoms with Crippen molar-refractivity contribution in [3.63, 3.8) is 0 Å². The number of carbonyl (C=O) groups is 3. The van der Waals surface area contributed by atoms with Gasteiger partial charge in [0.1, 0.15) is 11.4 Å². The molecule has 40 heavy (non-hydrogen) atoms. The second kappa shape index (κ2) is 12.9. The van der Waals surface area contributed by atoms with Crippen molar-refractivity contribution in [1.29, 1.82) is 5.26 Å². The van der Waals surface area contributed by atoms with Crippen molar-refractivity contribution in [2.75, 3.05) is 25.6 Å². The predicted octanol–water partition coefficient (Wildman–Crippen LogP) is 5.62. The molecule has 1 aromatic heterocycles. The Morgan fingerprint density at radius 1 is 1.12 bits per heavy atom. The number of ether oxygens (including phenoxy) is 2. The molecule has 0 saturated carbocycles. The van der Waals surface area contributed by atoms with Crippen molar-refractivity contribution in [2.24, 2.45) is 0 Å². The lowest BCUT2D eigenvalue weighted by Gasteiger charge is -2.16. The number of methoxy groups -OCH3 is 1. The van der Waals surface area contributed by atoms with E-state index in [0.29, 0.717) is 11.8 Å². The summed E-state index contributed by atoms with van der Waals surface area (Å²) in [5, 5.41) is 21.2. The number of carbonyl (C=O) groups excluding carboxylic acids is 2. The van der Waals surface area contributed by atoms with Gasteiger partial charge in [0.25, 0.3) is 0 Å². The Kier molecular flexibility index (Phi) is 9.68. The van der Waals surface area contributed by atoms with Gasteiger partial charge in [-0.15, -0.1) is 0 Å². The number of hydrogen-bond donors (Lipinski definition) is 2. The van der Waals surface area contributed by atoms with Crippen molar-refractivity contribution in [2.45, 2.75) is 19.0 Å². The number of aromatic nitrogens is 1. The molecule has 2 aromatic carbocycles. The van der Waals surface area contributed by atoms with Crippen LogP contribution in [-0.2, 0) is 15.7 Å². The Morgan fingerprint density at radius 2 is 1.85 bits per heavy atom. The molecule has 0 atom stereocenters. The molecule has 208 valence electrons. The topological polar surface area (TPSA) is 139 Å². The number of ketones is 1. The molecule has 0 aliphatic rings. The van der Waals surface area contributed by atoms with E-state index in [2.05, 4.69) is 10.3 Å². The molecule has 0 aliphatic carbocycles. The summed E-state index contributed by atoms with van der Waals surface area (Å²) < 4.78 is 49.8. The molecule has 1 heterocycles. The highest BCUT2D eigenvalue weighted by molar-refractivity contribution is 6.34. The van der Waals surface area contributed by atoms with Crippen LogP contribution in [-0.4, -0.2) is 48.1 Å². The minimum absolute atomic E-state index is 0.00873. The molecule has 3 aromatic rings. The van der Waals surface area contributed by atoms with E-state index in [1.54, 1.807) is 24.3 Å². The maximum absolute atomic E-state index is 13.3. The monoisotopic (exact) mass is 575 g/mol. The Labute approximate surface area is 231 Å². The van der Waals surface area contributed by atoms with E-state index in [-0.39, 0.29) is 64.6 Å². The lowest BCUT2D eigenvalue weighted by molar-refractivity contribution is -0.141. The third-order valence-corrected chi connectivity index (χ3v) is 5.85. The summed E-state index contributed by atoms with van der Waals surface area (Å²) in [5.41, 5.74) is -1.21. The molecule has 0 unspecified atom stereocenters. The summed E-state index contributed by atoms with van der Waals surface area (Å²) in [6.45, 7) is -0.428. The van der Waals surface area contributed by atoms with Crippen LogP contribution in [0.1, 0.15) is 44.8 Å². The zero-order chi connectivity index (χ0) is 29.4. The molecule has 0 aliphatic heterocycles. The number of anilines is 1. The van der Waals surface area contributed by atoms with Gasteiger partial charge in [-0.05, 0) is 30.7 Å². The summed E-state index contributed by atoms with van der Waals surface area (Å²) >= 11 is 6.40. The minimum atomic E-state index is -4.78. The first-order valence-corrected chi connectivity index (χ1v) is 11.9. The molecule has 0 fully saturated rings. The standard InChI is InChI=1S/C27H21ClF3N3O6/c1-39-26(38)16-5-2-3-6-21(16)33-14-22(35)18-10-17(20(28)11-23(18)40-8-4-7-25(36)37)19-13-34-24(27(29,30)31)9-15(19)12-32/h2-3,5-6,9-11,13,33H,4,7-8,14H2,1H3,(H,36,37). The van der Waals surface area contributed by atoms with Gasteiger partial charge < -0.3 is 19.9 Å². The molecule has 2 N–H and O–H groups in total. The van der Waals surface area contributed by atoms with Crippen molar-refractivity contribution < 1.29 is 42.1 Å².